The number of hydrogen-bond acceptors (Lipinski definition) is 4. The van der Waals surface area contributed by atoms with Gasteiger partial charge >= 0.3 is 0 Å². The molecule has 1 rings (SSSR count). The van der Waals surface area contributed by atoms with Crippen LogP contribution < -0.4 is 0 Å². The summed E-state index contributed by atoms with van der Waals surface area (Å²) in [5.41, 5.74) is 1.24. The van der Waals surface area contributed by atoms with Gasteiger partial charge in [-0.25, -0.2) is 4.98 Å². The Bertz CT molecular complexity index is 358. The van der Waals surface area contributed by atoms with Gasteiger partial charge in [0.25, 0.3) is 0 Å². The first-order valence-corrected chi connectivity index (χ1v) is 4.20. The lowest BCUT2D eigenvalue weighted by molar-refractivity contribution is 0.972. The molecule has 0 aliphatic heterocycles. The number of rotatable bonds is 2. The molecule has 0 aliphatic rings. The molecule has 0 saturated carbocycles. The third kappa shape index (κ3) is 2.47. The van der Waals surface area contributed by atoms with Gasteiger partial charge in [-0.2, -0.15) is 23.2 Å². The summed E-state index contributed by atoms with van der Waals surface area (Å²) >= 11 is 4.22. The quantitative estimate of drug-likeness (QED) is 0.722. The topological polar surface area (TPSA) is 60.5 Å². The largest absolute Gasteiger partial charge is 0.245 e. The van der Waals surface area contributed by atoms with Crippen molar-refractivity contribution in [1.29, 1.82) is 10.5 Å². The maximum Gasteiger partial charge on any atom is 0.140 e. The molecule has 3 nitrogen and oxygen atoms in total. The number of nitrogens with zero attached hydrogens (tertiary/aromatic N) is 3. The maximum absolute atomic E-state index is 8.49. The van der Waals surface area contributed by atoms with E-state index in [2.05, 4.69) is 17.6 Å². The normalized spacial score (nSPS) is 11.3. The summed E-state index contributed by atoms with van der Waals surface area (Å²) in [5, 5.41) is 16.8. The van der Waals surface area contributed by atoms with Crippen molar-refractivity contribution in [1.82, 2.24) is 4.98 Å². The third-order valence-corrected chi connectivity index (χ3v) is 2.05. The average Bonchev–Trinajstić information content (AvgIpc) is 2.18. The number of hydrogen-bond donors (Lipinski definition) is 1. The lowest BCUT2D eigenvalue weighted by Crippen LogP contribution is -1.91. The first-order valence-electron chi connectivity index (χ1n) is 3.69. The lowest BCUT2D eigenvalue weighted by Gasteiger charge is -2.04. The minimum Gasteiger partial charge on any atom is -0.245 e. The molecule has 0 amide bonds. The second-order valence-electron chi connectivity index (χ2n) is 2.47. The Labute approximate surface area is 82.1 Å². The van der Waals surface area contributed by atoms with E-state index in [9.17, 15) is 0 Å². The smallest absolute Gasteiger partial charge is 0.140 e. The van der Waals surface area contributed by atoms with E-state index < -0.39 is 0 Å². The molecule has 0 bridgehead atoms. The fourth-order valence-corrected chi connectivity index (χ4v) is 1.11. The van der Waals surface area contributed by atoms with E-state index in [1.807, 2.05) is 12.1 Å². The van der Waals surface area contributed by atoms with E-state index in [-0.39, 0.29) is 5.25 Å². The van der Waals surface area contributed by atoms with Gasteiger partial charge in [-0.3, -0.25) is 0 Å². The van der Waals surface area contributed by atoms with Gasteiger partial charge in [-0.1, -0.05) is 6.07 Å². The van der Waals surface area contributed by atoms with Crippen molar-refractivity contribution < 1.29 is 0 Å². The molecule has 1 aromatic heterocycles. The van der Waals surface area contributed by atoms with Crippen LogP contribution in [0.15, 0.2) is 18.3 Å². The Kier molecular flexibility index (Phi) is 3.31. The molecule has 0 aromatic carbocycles. The summed E-state index contributed by atoms with van der Waals surface area (Å²) in [6, 6.07) is 7.33. The monoisotopic (exact) mass is 189 g/mol. The van der Waals surface area contributed by atoms with Gasteiger partial charge in [-0.05, 0) is 11.6 Å². The molecule has 1 aromatic rings. The van der Waals surface area contributed by atoms with Crippen LogP contribution in [-0.4, -0.2) is 4.98 Å². The van der Waals surface area contributed by atoms with Crippen LogP contribution in [0.1, 0.15) is 22.9 Å². The zero-order chi connectivity index (χ0) is 9.68. The highest BCUT2D eigenvalue weighted by Crippen LogP contribution is 2.21. The van der Waals surface area contributed by atoms with E-state index in [1.165, 1.54) is 0 Å². The van der Waals surface area contributed by atoms with Crippen molar-refractivity contribution in [3.05, 3.63) is 29.6 Å². The highest BCUT2D eigenvalue weighted by atomic mass is 32.1. The highest BCUT2D eigenvalue weighted by Gasteiger charge is 2.05. The van der Waals surface area contributed by atoms with Gasteiger partial charge in [0.2, 0.25) is 0 Å². The Balaban J connectivity index is 2.82. The predicted octanol–water partition coefficient (Wildman–Crippen LogP) is 1.84. The summed E-state index contributed by atoms with van der Waals surface area (Å²) in [6.45, 7) is 0. The van der Waals surface area contributed by atoms with Crippen molar-refractivity contribution >= 4 is 12.6 Å². The first kappa shape index (κ1) is 9.57. The van der Waals surface area contributed by atoms with Crippen LogP contribution >= 0.6 is 12.6 Å². The van der Waals surface area contributed by atoms with Gasteiger partial charge in [0.05, 0.1) is 12.5 Å². The van der Waals surface area contributed by atoms with Crippen molar-refractivity contribution in [2.75, 3.05) is 0 Å². The molecule has 0 aliphatic carbocycles. The van der Waals surface area contributed by atoms with Crippen LogP contribution in [0.2, 0.25) is 0 Å². The van der Waals surface area contributed by atoms with Crippen molar-refractivity contribution in [3.8, 4) is 12.1 Å². The zero-order valence-corrected chi connectivity index (χ0v) is 7.70. The second-order valence-corrected chi connectivity index (χ2v) is 3.09. The van der Waals surface area contributed by atoms with E-state index in [0.29, 0.717) is 12.1 Å². The predicted molar refractivity (Wildman–Crippen MR) is 50.9 cm³/mol. The summed E-state index contributed by atoms with van der Waals surface area (Å²) < 4.78 is 0. The summed E-state index contributed by atoms with van der Waals surface area (Å²) in [4.78, 5) is 3.88. The molecule has 1 heterocycles. The van der Waals surface area contributed by atoms with Gasteiger partial charge in [0, 0.05) is 11.4 Å². The van der Waals surface area contributed by atoms with E-state index in [0.717, 1.165) is 5.56 Å². The lowest BCUT2D eigenvalue weighted by atomic mass is 10.1. The molecule has 0 spiro atoms. The van der Waals surface area contributed by atoms with Crippen LogP contribution in [0, 0.1) is 22.7 Å². The van der Waals surface area contributed by atoms with Crippen molar-refractivity contribution in [3.63, 3.8) is 0 Å². The Morgan fingerprint density at radius 1 is 1.46 bits per heavy atom. The third-order valence-electron chi connectivity index (χ3n) is 1.57. The molecule has 0 radical (unpaired) electrons. The Morgan fingerprint density at radius 3 is 2.69 bits per heavy atom. The van der Waals surface area contributed by atoms with E-state index in [1.54, 1.807) is 18.3 Å². The molecule has 64 valence electrons. The maximum atomic E-state index is 8.49. The average molecular weight is 189 g/mol. The fraction of sp³-hybridized carbons (Fsp3) is 0.222. The summed E-state index contributed by atoms with van der Waals surface area (Å²) in [5.74, 6) is 0. The fourth-order valence-electron chi connectivity index (χ4n) is 0.873. The molecule has 0 fully saturated rings. The minimum absolute atomic E-state index is 0.120. The van der Waals surface area contributed by atoms with Crippen LogP contribution in [0.25, 0.3) is 0 Å². The van der Waals surface area contributed by atoms with Crippen molar-refractivity contribution in [2.45, 2.75) is 11.7 Å². The zero-order valence-electron chi connectivity index (χ0n) is 6.81. The van der Waals surface area contributed by atoms with Crippen LogP contribution in [0.4, 0.5) is 0 Å². The molecule has 1 atom stereocenters. The summed E-state index contributed by atoms with van der Waals surface area (Å²) in [6.07, 6.45) is 1.92. The standard InChI is InChI=1S/C9H7N3S/c10-4-3-9(13)7-1-2-8(5-11)12-6-7/h1-2,6,9,13H,3H2. The molecule has 4 heteroatoms. The van der Waals surface area contributed by atoms with Crippen molar-refractivity contribution in [2.24, 2.45) is 0 Å². The number of aromatic nitrogens is 1. The van der Waals surface area contributed by atoms with Crippen LogP contribution in [0.3, 0.4) is 0 Å². The Morgan fingerprint density at radius 2 is 2.23 bits per heavy atom. The summed E-state index contributed by atoms with van der Waals surface area (Å²) in [7, 11) is 0. The molecule has 1 unspecified atom stereocenters. The molecular formula is C9H7N3S. The second kappa shape index (κ2) is 4.49. The van der Waals surface area contributed by atoms with Crippen LogP contribution in [0.5, 0.6) is 0 Å². The van der Waals surface area contributed by atoms with Crippen LogP contribution in [-0.2, 0) is 0 Å². The number of pyridine rings is 1. The minimum atomic E-state index is -0.120. The van der Waals surface area contributed by atoms with E-state index >= 15 is 0 Å². The SMILES string of the molecule is N#CCC(S)c1ccc(C#N)nc1. The molecule has 0 saturated heterocycles. The van der Waals surface area contributed by atoms with Gasteiger partial charge in [0.1, 0.15) is 11.8 Å². The molecule has 0 N–H and O–H groups in total. The van der Waals surface area contributed by atoms with E-state index in [4.69, 9.17) is 10.5 Å². The molecular weight excluding hydrogens is 182 g/mol. The number of thiol groups is 1. The van der Waals surface area contributed by atoms with Gasteiger partial charge < -0.3 is 0 Å². The van der Waals surface area contributed by atoms with Gasteiger partial charge in [0.15, 0.2) is 0 Å². The number of nitriles is 2. The first-order chi connectivity index (χ1) is 6.27. The highest BCUT2D eigenvalue weighted by molar-refractivity contribution is 7.80. The molecule has 13 heavy (non-hydrogen) atoms. The van der Waals surface area contributed by atoms with Gasteiger partial charge in [-0.15, -0.1) is 0 Å². The Hall–Kier alpha value is -1.52.